The summed E-state index contributed by atoms with van der Waals surface area (Å²) in [7, 11) is 0. The number of aryl methyl sites for hydroxylation is 1. The summed E-state index contributed by atoms with van der Waals surface area (Å²) >= 11 is 0.917. The van der Waals surface area contributed by atoms with E-state index in [1.165, 1.54) is 0 Å². The van der Waals surface area contributed by atoms with Gasteiger partial charge in [-0.15, -0.1) is 0 Å². The summed E-state index contributed by atoms with van der Waals surface area (Å²) in [4.78, 5) is 27.3. The molecule has 2 N–H and O–H groups in total. The Labute approximate surface area is 173 Å². The molecule has 0 aliphatic heterocycles. The van der Waals surface area contributed by atoms with Gasteiger partial charge in [-0.2, -0.15) is 5.10 Å². The third-order valence-corrected chi connectivity index (χ3v) is 5.32. The largest absolute Gasteiger partial charge is 0.493 e. The van der Waals surface area contributed by atoms with Gasteiger partial charge < -0.3 is 9.67 Å². The zero-order valence-corrected chi connectivity index (χ0v) is 16.5. The predicted molar refractivity (Wildman–Crippen MR) is 112 cm³/mol. The Kier molecular flexibility index (Phi) is 4.25. The standard InChI is InChI=1S/C20H15N7O2S/c1-12-21-6-8-26(12)15-4-2-3-14(10-15)23-17-5-7-27-18(24-17)13(11-22-27)9-16-19(28)25-20(29)30-16/h2-11,28H,1H3,(H,25,29). The molecular weight excluding hydrogens is 402 g/mol. The molecule has 10 heteroatoms. The van der Waals surface area contributed by atoms with Crippen LogP contribution in [0.1, 0.15) is 10.7 Å². The molecule has 0 unspecified atom stereocenters. The fourth-order valence-corrected chi connectivity index (χ4v) is 3.79. The predicted octanol–water partition coefficient (Wildman–Crippen LogP) is 1.46. The molecule has 5 rings (SSSR count). The Hall–Kier alpha value is -4.05. The lowest BCUT2D eigenvalue weighted by Gasteiger charge is -2.05. The van der Waals surface area contributed by atoms with Crippen LogP contribution in [-0.2, 0) is 0 Å². The summed E-state index contributed by atoms with van der Waals surface area (Å²) in [6, 6.07) is 9.55. The maximum absolute atomic E-state index is 11.4. The van der Waals surface area contributed by atoms with E-state index >= 15 is 0 Å². The molecule has 0 amide bonds. The van der Waals surface area contributed by atoms with Crippen LogP contribution in [0.5, 0.6) is 5.88 Å². The van der Waals surface area contributed by atoms with E-state index in [0.29, 0.717) is 21.2 Å². The number of aromatic nitrogens is 6. The van der Waals surface area contributed by atoms with Crippen molar-refractivity contribution in [2.45, 2.75) is 6.92 Å². The van der Waals surface area contributed by atoms with Gasteiger partial charge in [0.05, 0.1) is 16.8 Å². The van der Waals surface area contributed by atoms with E-state index in [0.717, 1.165) is 28.5 Å². The lowest BCUT2D eigenvalue weighted by Crippen LogP contribution is -2.12. The number of nitrogens with zero attached hydrogens (tertiary/aromatic N) is 6. The van der Waals surface area contributed by atoms with Crippen LogP contribution in [0, 0.1) is 6.92 Å². The number of rotatable bonds is 3. The highest BCUT2D eigenvalue weighted by Crippen LogP contribution is 2.18. The molecule has 0 saturated carbocycles. The van der Waals surface area contributed by atoms with Crippen LogP contribution < -0.4 is 15.6 Å². The summed E-state index contributed by atoms with van der Waals surface area (Å²) in [5.41, 5.74) is 2.80. The van der Waals surface area contributed by atoms with Crippen molar-refractivity contribution in [2.24, 2.45) is 4.99 Å². The van der Waals surface area contributed by atoms with Crippen molar-refractivity contribution in [3.05, 3.63) is 86.2 Å². The van der Waals surface area contributed by atoms with E-state index in [4.69, 9.17) is 0 Å². The minimum absolute atomic E-state index is 0.170. The number of fused-ring (bicyclic) bond motifs is 1. The fourth-order valence-electron chi connectivity index (χ4n) is 3.11. The van der Waals surface area contributed by atoms with Crippen LogP contribution in [0.4, 0.5) is 5.69 Å². The lowest BCUT2D eigenvalue weighted by molar-refractivity contribution is 0.455. The van der Waals surface area contributed by atoms with Gasteiger partial charge in [-0.25, -0.2) is 19.5 Å². The first kappa shape index (κ1) is 18.0. The van der Waals surface area contributed by atoms with Crippen molar-refractivity contribution in [1.29, 1.82) is 0 Å². The number of aromatic hydroxyl groups is 1. The van der Waals surface area contributed by atoms with Gasteiger partial charge in [-0.1, -0.05) is 17.4 Å². The molecule has 0 aliphatic rings. The molecule has 0 spiro atoms. The Balaban J connectivity index is 1.61. The maximum Gasteiger partial charge on any atom is 0.307 e. The van der Waals surface area contributed by atoms with E-state index in [2.05, 4.69) is 25.0 Å². The second-order valence-electron chi connectivity index (χ2n) is 6.50. The summed E-state index contributed by atoms with van der Waals surface area (Å²) in [5.74, 6) is 0.721. The fraction of sp³-hybridized carbons (Fsp3) is 0.0500. The van der Waals surface area contributed by atoms with Crippen LogP contribution in [-0.4, -0.2) is 34.2 Å². The van der Waals surface area contributed by atoms with Crippen LogP contribution >= 0.6 is 11.3 Å². The van der Waals surface area contributed by atoms with Crippen molar-refractivity contribution in [2.75, 3.05) is 0 Å². The highest BCUT2D eigenvalue weighted by atomic mass is 32.1. The SMILES string of the molecule is Cc1nccn1-c1cccc(N=c2ccn3ncc(=Cc4sc(=O)[nH]c4O)c3n2)c1. The zero-order chi connectivity index (χ0) is 20.7. The number of H-pyrrole nitrogens is 1. The average molecular weight is 417 g/mol. The first-order valence-corrected chi connectivity index (χ1v) is 9.82. The molecule has 30 heavy (non-hydrogen) atoms. The normalized spacial score (nSPS) is 12.8. The zero-order valence-electron chi connectivity index (χ0n) is 15.7. The molecule has 0 bridgehead atoms. The van der Waals surface area contributed by atoms with E-state index in [1.807, 2.05) is 42.0 Å². The molecular formula is C20H15N7O2S. The van der Waals surface area contributed by atoms with Gasteiger partial charge in [-0.3, -0.25) is 9.78 Å². The summed E-state index contributed by atoms with van der Waals surface area (Å²) in [6.07, 6.45) is 8.71. The third-order valence-electron chi connectivity index (χ3n) is 4.50. The topological polar surface area (TPSA) is 113 Å². The second kappa shape index (κ2) is 7.08. The third kappa shape index (κ3) is 3.29. The number of nitrogens with one attached hydrogen (secondary N) is 1. The van der Waals surface area contributed by atoms with Gasteiger partial charge in [0.1, 0.15) is 5.82 Å². The van der Waals surface area contributed by atoms with Crippen LogP contribution in [0.15, 0.2) is 64.9 Å². The first-order valence-electron chi connectivity index (χ1n) is 9.00. The highest BCUT2D eigenvalue weighted by molar-refractivity contribution is 7.10. The van der Waals surface area contributed by atoms with Crippen LogP contribution in [0.2, 0.25) is 0 Å². The van der Waals surface area contributed by atoms with Crippen LogP contribution in [0.25, 0.3) is 17.4 Å². The van der Waals surface area contributed by atoms with Crippen molar-refractivity contribution in [3.8, 4) is 11.6 Å². The molecule has 4 aromatic heterocycles. The molecule has 1 aromatic carbocycles. The Morgan fingerprint density at radius 1 is 1.27 bits per heavy atom. The molecule has 4 heterocycles. The molecule has 0 radical (unpaired) electrons. The number of imidazole rings is 1. The van der Waals surface area contributed by atoms with E-state index < -0.39 is 0 Å². The number of aromatic amines is 1. The molecule has 0 aliphatic carbocycles. The molecule has 148 valence electrons. The van der Waals surface area contributed by atoms with Gasteiger partial charge in [0, 0.05) is 35.6 Å². The quantitative estimate of drug-likeness (QED) is 0.461. The average Bonchev–Trinajstić information content (AvgIpc) is 3.42. The first-order chi connectivity index (χ1) is 14.6. The minimum atomic E-state index is -0.327. The second-order valence-corrected chi connectivity index (χ2v) is 7.52. The van der Waals surface area contributed by atoms with Gasteiger partial charge in [0.2, 0.25) is 5.88 Å². The van der Waals surface area contributed by atoms with E-state index in [-0.39, 0.29) is 10.8 Å². The van der Waals surface area contributed by atoms with E-state index in [1.54, 1.807) is 35.2 Å². The van der Waals surface area contributed by atoms with Crippen molar-refractivity contribution >= 4 is 28.7 Å². The Morgan fingerprint density at radius 2 is 2.17 bits per heavy atom. The van der Waals surface area contributed by atoms with Crippen molar-refractivity contribution in [3.63, 3.8) is 0 Å². The number of benzene rings is 1. The highest BCUT2D eigenvalue weighted by Gasteiger charge is 2.06. The van der Waals surface area contributed by atoms with Gasteiger partial charge >= 0.3 is 4.87 Å². The maximum atomic E-state index is 11.4. The minimum Gasteiger partial charge on any atom is -0.493 e. The van der Waals surface area contributed by atoms with Crippen molar-refractivity contribution in [1.82, 2.24) is 29.1 Å². The number of hydrogen-bond acceptors (Lipinski definition) is 7. The van der Waals surface area contributed by atoms with Crippen molar-refractivity contribution < 1.29 is 5.11 Å². The van der Waals surface area contributed by atoms with Gasteiger partial charge in [-0.05, 0) is 31.2 Å². The Morgan fingerprint density at radius 3 is 2.93 bits per heavy atom. The summed E-state index contributed by atoms with van der Waals surface area (Å²) in [6.45, 7) is 1.94. The Bertz CT molecular complexity index is 1560. The molecule has 0 saturated heterocycles. The van der Waals surface area contributed by atoms with E-state index in [9.17, 15) is 9.90 Å². The van der Waals surface area contributed by atoms with Crippen LogP contribution in [0.3, 0.4) is 0 Å². The molecule has 0 fully saturated rings. The molecule has 9 nitrogen and oxygen atoms in total. The monoisotopic (exact) mass is 417 g/mol. The lowest BCUT2D eigenvalue weighted by atomic mass is 10.3. The smallest absolute Gasteiger partial charge is 0.307 e. The number of hydrogen-bond donors (Lipinski definition) is 2. The number of thiazole rings is 1. The van der Waals surface area contributed by atoms with Gasteiger partial charge in [0.15, 0.2) is 11.1 Å². The molecule has 5 aromatic rings. The summed E-state index contributed by atoms with van der Waals surface area (Å²) in [5, 5.41) is 14.8. The molecule has 0 atom stereocenters. The van der Waals surface area contributed by atoms with Gasteiger partial charge in [0.25, 0.3) is 0 Å². The summed E-state index contributed by atoms with van der Waals surface area (Å²) < 4.78 is 3.59.